The van der Waals surface area contributed by atoms with E-state index in [1.165, 1.54) is 13.0 Å². The van der Waals surface area contributed by atoms with Gasteiger partial charge in [0.25, 0.3) is 0 Å². The van der Waals surface area contributed by atoms with Gasteiger partial charge in [-0.05, 0) is 30.2 Å². The number of rotatable bonds is 6. The molecule has 3 nitrogen and oxygen atoms in total. The van der Waals surface area contributed by atoms with Crippen LogP contribution in [0.15, 0.2) is 72.8 Å². The van der Waals surface area contributed by atoms with Crippen molar-refractivity contribution in [3.63, 3.8) is 0 Å². The first-order chi connectivity index (χ1) is 12.1. The quantitative estimate of drug-likeness (QED) is 0.662. The highest BCUT2D eigenvalue weighted by molar-refractivity contribution is 5.95. The van der Waals surface area contributed by atoms with Gasteiger partial charge in [0.2, 0.25) is 0 Å². The second kappa shape index (κ2) is 7.67. The molecule has 0 aromatic heterocycles. The molecular formula is C22H20O3. The molecule has 25 heavy (non-hydrogen) atoms. The van der Waals surface area contributed by atoms with Crippen molar-refractivity contribution >= 4 is 5.78 Å². The minimum Gasteiger partial charge on any atom is -0.507 e. The average Bonchev–Trinajstić information content (AvgIpc) is 2.63. The zero-order valence-corrected chi connectivity index (χ0v) is 14.1. The summed E-state index contributed by atoms with van der Waals surface area (Å²) in [5, 5.41) is 10.4. The third-order valence-corrected chi connectivity index (χ3v) is 4.05. The molecule has 126 valence electrons. The van der Waals surface area contributed by atoms with Gasteiger partial charge in [-0.25, -0.2) is 0 Å². The minimum absolute atomic E-state index is 0.0830. The van der Waals surface area contributed by atoms with Crippen LogP contribution in [0.5, 0.6) is 11.5 Å². The summed E-state index contributed by atoms with van der Waals surface area (Å²) in [6, 6.07) is 22.9. The highest BCUT2D eigenvalue weighted by Crippen LogP contribution is 2.33. The molecule has 0 radical (unpaired) electrons. The van der Waals surface area contributed by atoms with Crippen molar-refractivity contribution < 1.29 is 14.6 Å². The normalized spacial score (nSPS) is 10.4. The van der Waals surface area contributed by atoms with Crippen LogP contribution < -0.4 is 4.74 Å². The lowest BCUT2D eigenvalue weighted by Crippen LogP contribution is -2.02. The van der Waals surface area contributed by atoms with Crippen molar-refractivity contribution in [3.05, 3.63) is 95.1 Å². The largest absolute Gasteiger partial charge is 0.507 e. The molecular weight excluding hydrogens is 312 g/mol. The van der Waals surface area contributed by atoms with Crippen LogP contribution in [0.2, 0.25) is 0 Å². The van der Waals surface area contributed by atoms with Gasteiger partial charge in [0.05, 0.1) is 0 Å². The van der Waals surface area contributed by atoms with E-state index in [0.717, 1.165) is 11.1 Å². The van der Waals surface area contributed by atoms with E-state index in [1.54, 1.807) is 6.07 Å². The fourth-order valence-electron chi connectivity index (χ4n) is 2.68. The first-order valence-corrected chi connectivity index (χ1v) is 8.21. The molecule has 1 N–H and O–H groups in total. The van der Waals surface area contributed by atoms with Crippen LogP contribution in [0, 0.1) is 0 Å². The lowest BCUT2D eigenvalue weighted by atomic mass is 10.00. The van der Waals surface area contributed by atoms with E-state index in [2.05, 4.69) is 0 Å². The molecule has 0 amide bonds. The molecule has 0 heterocycles. The van der Waals surface area contributed by atoms with Gasteiger partial charge in [-0.2, -0.15) is 0 Å². The summed E-state index contributed by atoms with van der Waals surface area (Å²) in [5.41, 5.74) is 3.23. The Hall–Kier alpha value is -3.07. The van der Waals surface area contributed by atoms with E-state index >= 15 is 0 Å². The van der Waals surface area contributed by atoms with E-state index in [0.29, 0.717) is 29.9 Å². The molecule has 0 spiro atoms. The molecule has 0 unspecified atom stereocenters. The molecule has 3 aromatic carbocycles. The molecule has 0 aliphatic heterocycles. The summed E-state index contributed by atoms with van der Waals surface area (Å²) in [7, 11) is 0. The summed E-state index contributed by atoms with van der Waals surface area (Å²) < 4.78 is 5.95. The smallest absolute Gasteiger partial charge is 0.160 e. The summed E-state index contributed by atoms with van der Waals surface area (Å²) in [6.45, 7) is 1.86. The number of carbonyl (C=O) groups is 1. The van der Waals surface area contributed by atoms with E-state index in [-0.39, 0.29) is 11.5 Å². The van der Waals surface area contributed by atoms with Gasteiger partial charge in [0, 0.05) is 17.5 Å². The van der Waals surface area contributed by atoms with Crippen molar-refractivity contribution in [2.75, 3.05) is 0 Å². The number of ketones is 1. The van der Waals surface area contributed by atoms with E-state index in [9.17, 15) is 9.90 Å². The van der Waals surface area contributed by atoms with E-state index < -0.39 is 0 Å². The van der Waals surface area contributed by atoms with Gasteiger partial charge in [0.15, 0.2) is 5.78 Å². The molecule has 0 aliphatic rings. The van der Waals surface area contributed by atoms with Gasteiger partial charge in [-0.1, -0.05) is 60.7 Å². The maximum Gasteiger partial charge on any atom is 0.160 e. The third-order valence-electron chi connectivity index (χ3n) is 4.05. The fourth-order valence-corrected chi connectivity index (χ4v) is 2.68. The maximum absolute atomic E-state index is 11.7. The molecule has 3 rings (SSSR count). The Labute approximate surface area is 147 Å². The second-order valence-electron chi connectivity index (χ2n) is 5.96. The van der Waals surface area contributed by atoms with Gasteiger partial charge in [0.1, 0.15) is 18.1 Å². The van der Waals surface area contributed by atoms with E-state index in [4.69, 9.17) is 4.74 Å². The van der Waals surface area contributed by atoms with Crippen LogP contribution in [0.1, 0.15) is 34.0 Å². The average molecular weight is 332 g/mol. The zero-order valence-electron chi connectivity index (χ0n) is 14.1. The molecule has 3 aromatic rings. The molecule has 0 atom stereocenters. The molecule has 0 saturated carbocycles. The first-order valence-electron chi connectivity index (χ1n) is 8.21. The Morgan fingerprint density at radius 2 is 1.52 bits per heavy atom. The van der Waals surface area contributed by atoms with Crippen molar-refractivity contribution in [2.45, 2.75) is 20.0 Å². The predicted octanol–water partition coefficient (Wildman–Crippen LogP) is 4.76. The van der Waals surface area contributed by atoms with Gasteiger partial charge >= 0.3 is 0 Å². The minimum atomic E-state index is -0.105. The number of ether oxygens (including phenoxy) is 1. The summed E-state index contributed by atoms with van der Waals surface area (Å²) in [5.74, 6) is 0.517. The van der Waals surface area contributed by atoms with E-state index in [1.807, 2.05) is 60.7 Å². The summed E-state index contributed by atoms with van der Waals surface area (Å²) in [4.78, 5) is 11.7. The highest BCUT2D eigenvalue weighted by Gasteiger charge is 2.15. The Morgan fingerprint density at radius 3 is 2.12 bits per heavy atom. The number of hydrogen-bond acceptors (Lipinski definition) is 3. The number of carbonyl (C=O) groups excluding carboxylic acids is 1. The molecule has 0 aliphatic carbocycles. The number of hydrogen-bond donors (Lipinski definition) is 1. The topological polar surface area (TPSA) is 46.5 Å². The predicted molar refractivity (Wildman–Crippen MR) is 98.1 cm³/mol. The zero-order chi connectivity index (χ0) is 17.6. The Bertz CT molecular complexity index is 855. The van der Waals surface area contributed by atoms with Gasteiger partial charge < -0.3 is 9.84 Å². The van der Waals surface area contributed by atoms with Crippen molar-refractivity contribution in [1.29, 1.82) is 0 Å². The second-order valence-corrected chi connectivity index (χ2v) is 5.96. The molecule has 0 fully saturated rings. The Balaban J connectivity index is 1.93. The maximum atomic E-state index is 11.7. The number of Topliss-reactive ketones (excluding diaryl/α,β-unsaturated/α-hetero) is 1. The summed E-state index contributed by atoms with van der Waals surface area (Å²) >= 11 is 0. The number of aromatic hydroxyl groups is 1. The Kier molecular flexibility index (Phi) is 5.14. The third kappa shape index (κ3) is 4.27. The molecule has 0 bridgehead atoms. The fraction of sp³-hybridized carbons (Fsp3) is 0.136. The number of benzene rings is 3. The molecule has 0 saturated heterocycles. The Morgan fingerprint density at radius 1 is 0.920 bits per heavy atom. The highest BCUT2D eigenvalue weighted by atomic mass is 16.5. The lowest BCUT2D eigenvalue weighted by Gasteiger charge is -2.15. The monoisotopic (exact) mass is 332 g/mol. The SMILES string of the molecule is CC(=O)c1cc(O)c(Cc2ccccc2)c(OCc2ccccc2)c1. The van der Waals surface area contributed by atoms with Crippen LogP contribution in [0.25, 0.3) is 0 Å². The number of phenolic OH excluding ortho intramolecular Hbond substituents is 1. The van der Waals surface area contributed by atoms with Gasteiger partial charge in [-0.3, -0.25) is 4.79 Å². The van der Waals surface area contributed by atoms with Crippen molar-refractivity contribution in [3.8, 4) is 11.5 Å². The standard InChI is InChI=1S/C22H20O3/c1-16(23)19-13-21(24)20(12-17-8-4-2-5-9-17)22(14-19)25-15-18-10-6-3-7-11-18/h2-11,13-14,24H,12,15H2,1H3. The first kappa shape index (κ1) is 16.8. The van der Waals surface area contributed by atoms with Gasteiger partial charge in [-0.15, -0.1) is 0 Å². The van der Waals surface area contributed by atoms with Crippen molar-refractivity contribution in [2.24, 2.45) is 0 Å². The lowest BCUT2D eigenvalue weighted by molar-refractivity contribution is 0.101. The van der Waals surface area contributed by atoms with Crippen LogP contribution in [-0.2, 0) is 13.0 Å². The summed E-state index contributed by atoms with van der Waals surface area (Å²) in [6.07, 6.45) is 0.537. The van der Waals surface area contributed by atoms with Crippen molar-refractivity contribution in [1.82, 2.24) is 0 Å². The van der Waals surface area contributed by atoms with Crippen LogP contribution >= 0.6 is 0 Å². The molecule has 3 heteroatoms. The van der Waals surface area contributed by atoms with Crippen LogP contribution in [-0.4, -0.2) is 10.9 Å². The number of phenols is 1. The van der Waals surface area contributed by atoms with Crippen LogP contribution in [0.4, 0.5) is 0 Å². The van der Waals surface area contributed by atoms with Crippen LogP contribution in [0.3, 0.4) is 0 Å².